The van der Waals surface area contributed by atoms with E-state index in [1.807, 2.05) is 0 Å². The highest BCUT2D eigenvalue weighted by Gasteiger charge is 2.38. The Balaban J connectivity index is 1.73. The van der Waals surface area contributed by atoms with Crippen LogP contribution in [0, 0.1) is 11.9 Å². The van der Waals surface area contributed by atoms with Crippen LogP contribution in [-0.2, 0) is 32.3 Å². The molecule has 0 atom stereocenters. The molecule has 1 radical (unpaired) electrons. The Hall–Kier alpha value is -2.92. The molecule has 2 amide bonds. The van der Waals surface area contributed by atoms with Crippen LogP contribution in [0.4, 0.5) is 14.9 Å². The van der Waals surface area contributed by atoms with Crippen LogP contribution in [0.5, 0.6) is 5.75 Å². The molecule has 0 heterocycles. The van der Waals surface area contributed by atoms with Crippen molar-refractivity contribution in [1.82, 2.24) is 4.90 Å². The number of carbonyl (C=O) groups is 2. The molecular weight excluding hydrogens is 527 g/mol. The number of nitrogens with one attached hydrogen (secondary N) is 1. The van der Waals surface area contributed by atoms with Gasteiger partial charge in [0.15, 0.2) is 21.4 Å². The summed E-state index contributed by atoms with van der Waals surface area (Å²) in [5.41, 5.74) is 1.32. The highest BCUT2D eigenvalue weighted by atomic mass is 32.2. The van der Waals surface area contributed by atoms with Crippen molar-refractivity contribution in [2.75, 3.05) is 26.1 Å². The summed E-state index contributed by atoms with van der Waals surface area (Å²) >= 11 is 0. The first-order valence-electron chi connectivity index (χ1n) is 12.6. The first kappa shape index (κ1) is 29.6. The fourth-order valence-corrected chi connectivity index (χ4v) is 6.45. The van der Waals surface area contributed by atoms with Crippen molar-refractivity contribution in [2.45, 2.75) is 68.1 Å². The highest BCUT2D eigenvalue weighted by molar-refractivity contribution is 7.92. The van der Waals surface area contributed by atoms with Gasteiger partial charge in [0.2, 0.25) is 5.91 Å². The predicted molar refractivity (Wildman–Crippen MR) is 146 cm³/mol. The Labute approximate surface area is 225 Å². The number of amides is 2. The Morgan fingerprint density at radius 3 is 2.53 bits per heavy atom. The van der Waals surface area contributed by atoms with E-state index in [4.69, 9.17) is 9.47 Å². The predicted octanol–water partition coefficient (Wildman–Crippen LogP) is 5.05. The van der Waals surface area contributed by atoms with Gasteiger partial charge in [-0.2, -0.15) is 0 Å². The third-order valence-corrected chi connectivity index (χ3v) is 10.3. The maximum absolute atomic E-state index is 13.9. The van der Waals surface area contributed by atoms with Crippen LogP contribution in [0.1, 0.15) is 30.4 Å². The molecule has 8 nitrogen and oxygen atoms in total. The molecule has 0 saturated heterocycles. The molecule has 0 unspecified atom stereocenters. The van der Waals surface area contributed by atoms with Gasteiger partial charge in [-0.25, -0.2) is 17.6 Å². The first-order valence-corrected chi connectivity index (χ1v) is 17.8. The van der Waals surface area contributed by atoms with Crippen LogP contribution >= 0.6 is 0 Å². The fraction of sp³-hybridized carbons (Fsp3) is 0.481. The molecule has 1 N–H and O–H groups in total. The number of halogens is 1. The maximum atomic E-state index is 13.9. The van der Waals surface area contributed by atoms with E-state index >= 15 is 0 Å². The molecule has 0 aromatic heterocycles. The molecule has 1 aliphatic carbocycles. The molecule has 0 spiro atoms. The van der Waals surface area contributed by atoms with Crippen molar-refractivity contribution in [3.63, 3.8) is 0 Å². The van der Waals surface area contributed by atoms with Gasteiger partial charge < -0.3 is 19.7 Å². The number of hydrogen-bond acceptors (Lipinski definition) is 6. The largest absolute Gasteiger partial charge is 0.493 e. The molecule has 11 heteroatoms. The lowest BCUT2D eigenvalue weighted by atomic mass is 10.1. The highest BCUT2D eigenvalue weighted by Crippen LogP contribution is 2.36. The molecule has 207 valence electrons. The second-order valence-corrected chi connectivity index (χ2v) is 18.6. The number of ether oxygens (including phenoxy) is 2. The molecule has 2 aromatic rings. The minimum Gasteiger partial charge on any atom is -0.493 e. The van der Waals surface area contributed by atoms with E-state index in [2.05, 4.69) is 31.0 Å². The van der Waals surface area contributed by atoms with Crippen molar-refractivity contribution in [3.05, 3.63) is 53.3 Å². The number of nitrogens with zero attached hydrogens (tertiary/aromatic N) is 1. The number of anilines is 1. The number of carbonyl (C=O) groups excluding carboxylic acids is 2. The number of hydrogen-bond donors (Lipinski definition) is 1. The second-order valence-electron chi connectivity index (χ2n) is 10.8. The Kier molecular flexibility index (Phi) is 9.58. The van der Waals surface area contributed by atoms with Gasteiger partial charge >= 0.3 is 6.09 Å². The first-order chi connectivity index (χ1) is 17.8. The van der Waals surface area contributed by atoms with Crippen LogP contribution < -0.4 is 10.1 Å². The number of methoxy groups -OCH3 is 1. The van der Waals surface area contributed by atoms with Gasteiger partial charge in [-0.05, 0) is 72.8 Å². The van der Waals surface area contributed by atoms with E-state index < -0.39 is 35.1 Å². The van der Waals surface area contributed by atoms with Crippen LogP contribution in [0.25, 0.3) is 0 Å². The SMILES string of the molecule is COc1c(F)c[c]cc1CCC(=O)Nc1ccc(S(=O)(=O)C2CC2)c(CN(C)C(=O)OCC[Si](C)(C)C)c1. The van der Waals surface area contributed by atoms with Gasteiger partial charge in [-0.1, -0.05) is 19.6 Å². The van der Waals surface area contributed by atoms with Crippen molar-refractivity contribution < 1.29 is 31.9 Å². The summed E-state index contributed by atoms with van der Waals surface area (Å²) in [7, 11) is -2.01. The number of rotatable bonds is 12. The topological polar surface area (TPSA) is 102 Å². The smallest absolute Gasteiger partial charge is 0.409 e. The van der Waals surface area contributed by atoms with E-state index in [9.17, 15) is 22.4 Å². The third kappa shape index (κ3) is 8.04. The molecule has 0 aliphatic heterocycles. The lowest BCUT2D eigenvalue weighted by Gasteiger charge is -2.21. The lowest BCUT2D eigenvalue weighted by Crippen LogP contribution is -2.30. The molecule has 3 rings (SSSR count). The van der Waals surface area contributed by atoms with Gasteiger partial charge in [0, 0.05) is 27.2 Å². The number of aryl methyl sites for hydroxylation is 1. The lowest BCUT2D eigenvalue weighted by molar-refractivity contribution is -0.116. The van der Waals surface area contributed by atoms with Gasteiger partial charge in [0.25, 0.3) is 0 Å². The second kappa shape index (κ2) is 12.3. The average Bonchev–Trinajstić information content (AvgIpc) is 3.68. The molecule has 2 aromatic carbocycles. The zero-order chi connectivity index (χ0) is 28.1. The minimum atomic E-state index is -3.55. The number of sulfone groups is 1. The van der Waals surface area contributed by atoms with Crippen LogP contribution in [0.3, 0.4) is 0 Å². The zero-order valence-corrected chi connectivity index (χ0v) is 24.4. The monoisotopic (exact) mass is 563 g/mol. The quantitative estimate of drug-likeness (QED) is 0.363. The molecule has 38 heavy (non-hydrogen) atoms. The van der Waals surface area contributed by atoms with Crippen molar-refractivity contribution >= 4 is 35.6 Å². The van der Waals surface area contributed by atoms with Crippen molar-refractivity contribution in [1.29, 1.82) is 0 Å². The van der Waals surface area contributed by atoms with Gasteiger partial charge in [-0.15, -0.1) is 0 Å². The van der Waals surface area contributed by atoms with Crippen LogP contribution in [-0.4, -0.2) is 59.4 Å². The van der Waals surface area contributed by atoms with Gasteiger partial charge in [0.1, 0.15) is 0 Å². The summed E-state index contributed by atoms with van der Waals surface area (Å²) in [6.07, 6.45) is 0.962. The minimum absolute atomic E-state index is 0.00704. The normalized spacial score (nSPS) is 13.6. The summed E-state index contributed by atoms with van der Waals surface area (Å²) in [4.78, 5) is 26.7. The summed E-state index contributed by atoms with van der Waals surface area (Å²) in [5, 5.41) is 2.35. The molecule has 0 bridgehead atoms. The fourth-order valence-electron chi connectivity index (χ4n) is 3.88. The van der Waals surface area contributed by atoms with E-state index in [1.54, 1.807) is 25.2 Å². The van der Waals surface area contributed by atoms with E-state index in [1.165, 1.54) is 24.1 Å². The molecule has 1 fully saturated rings. The molecule has 1 saturated carbocycles. The van der Waals surface area contributed by atoms with Crippen molar-refractivity contribution in [3.8, 4) is 5.75 Å². The maximum Gasteiger partial charge on any atom is 0.409 e. The van der Waals surface area contributed by atoms with E-state index in [0.29, 0.717) is 36.3 Å². The van der Waals surface area contributed by atoms with Crippen LogP contribution in [0.2, 0.25) is 25.7 Å². The molecule has 1 aliphatic rings. The summed E-state index contributed by atoms with van der Waals surface area (Å²) < 4.78 is 50.5. The molecular formula is C27H36FN2O6SSi. The van der Waals surface area contributed by atoms with Crippen LogP contribution in [0.15, 0.2) is 35.2 Å². The Bertz CT molecular complexity index is 1270. The zero-order valence-electron chi connectivity index (χ0n) is 22.6. The Morgan fingerprint density at radius 2 is 1.89 bits per heavy atom. The average molecular weight is 564 g/mol. The van der Waals surface area contributed by atoms with Gasteiger partial charge in [-0.3, -0.25) is 4.79 Å². The van der Waals surface area contributed by atoms with E-state index in [0.717, 1.165) is 6.04 Å². The summed E-state index contributed by atoms with van der Waals surface area (Å²) in [6, 6.07) is 10.9. The summed E-state index contributed by atoms with van der Waals surface area (Å²) in [5.74, 6) is -0.807. The number of benzene rings is 2. The standard InChI is InChI=1S/C27H36FN2O6SSi/c1-30(27(32)36-15-16-38(3,4)5)18-20-17-21(10-13-24(20)37(33,34)22-11-12-22)29-25(31)14-9-19-7-6-8-23(28)26(19)35-2/h7-8,10,13,17,22H,9,11-12,14-16,18H2,1-5H3,(H,29,31). The Morgan fingerprint density at radius 1 is 1.18 bits per heavy atom. The third-order valence-electron chi connectivity index (χ3n) is 6.21. The van der Waals surface area contributed by atoms with Gasteiger partial charge in [0.05, 0.1) is 30.4 Å². The summed E-state index contributed by atoms with van der Waals surface area (Å²) in [6.45, 7) is 6.88. The van der Waals surface area contributed by atoms with Crippen molar-refractivity contribution in [2.24, 2.45) is 0 Å². The van der Waals surface area contributed by atoms with E-state index in [-0.39, 0.29) is 35.9 Å².